The van der Waals surface area contributed by atoms with Crippen molar-refractivity contribution in [3.05, 3.63) is 41.4 Å². The number of aliphatic hydroxyl groups is 1. The van der Waals surface area contributed by atoms with E-state index in [2.05, 4.69) is 11.5 Å². The molecule has 0 fully saturated rings. The molecule has 0 aliphatic heterocycles. The van der Waals surface area contributed by atoms with E-state index in [9.17, 15) is 0 Å². The fourth-order valence-electron chi connectivity index (χ4n) is 1.63. The SMILES string of the molecule is C=CCN(CCO)Cc1ccc(OC)c(Cl)c1. The van der Waals surface area contributed by atoms with E-state index >= 15 is 0 Å². The van der Waals surface area contributed by atoms with Crippen molar-refractivity contribution in [3.8, 4) is 5.75 Å². The van der Waals surface area contributed by atoms with Crippen LogP contribution in [0.15, 0.2) is 30.9 Å². The predicted molar refractivity (Wildman–Crippen MR) is 70.6 cm³/mol. The summed E-state index contributed by atoms with van der Waals surface area (Å²) in [6.07, 6.45) is 1.82. The molecule has 4 heteroatoms. The molecule has 0 spiro atoms. The number of hydrogen-bond acceptors (Lipinski definition) is 3. The highest BCUT2D eigenvalue weighted by Gasteiger charge is 2.06. The summed E-state index contributed by atoms with van der Waals surface area (Å²) in [5.74, 6) is 0.674. The van der Waals surface area contributed by atoms with Gasteiger partial charge < -0.3 is 9.84 Å². The molecular weight excluding hydrogens is 238 g/mol. The van der Waals surface area contributed by atoms with E-state index in [0.717, 1.165) is 18.7 Å². The molecule has 0 saturated carbocycles. The van der Waals surface area contributed by atoms with Crippen molar-refractivity contribution in [1.29, 1.82) is 0 Å². The summed E-state index contributed by atoms with van der Waals surface area (Å²) < 4.78 is 5.10. The zero-order chi connectivity index (χ0) is 12.7. The number of ether oxygens (including phenoxy) is 1. The van der Waals surface area contributed by atoms with Gasteiger partial charge in [0.25, 0.3) is 0 Å². The third-order valence-corrected chi connectivity index (χ3v) is 2.72. The normalized spacial score (nSPS) is 10.6. The first-order valence-electron chi connectivity index (χ1n) is 5.47. The van der Waals surface area contributed by atoms with Crippen molar-refractivity contribution in [3.63, 3.8) is 0 Å². The molecule has 1 aromatic carbocycles. The monoisotopic (exact) mass is 255 g/mol. The Hall–Kier alpha value is -1.03. The van der Waals surface area contributed by atoms with Crippen molar-refractivity contribution in [2.24, 2.45) is 0 Å². The van der Waals surface area contributed by atoms with Crippen molar-refractivity contribution in [2.45, 2.75) is 6.54 Å². The minimum absolute atomic E-state index is 0.137. The molecular formula is C13H18ClNO2. The third-order valence-electron chi connectivity index (χ3n) is 2.43. The van der Waals surface area contributed by atoms with Gasteiger partial charge >= 0.3 is 0 Å². The highest BCUT2D eigenvalue weighted by Crippen LogP contribution is 2.25. The van der Waals surface area contributed by atoms with Crippen LogP contribution in [0, 0.1) is 0 Å². The van der Waals surface area contributed by atoms with Gasteiger partial charge in [0.2, 0.25) is 0 Å². The summed E-state index contributed by atoms with van der Waals surface area (Å²) in [5, 5.41) is 9.56. The summed E-state index contributed by atoms with van der Waals surface area (Å²) in [5.41, 5.74) is 1.09. The van der Waals surface area contributed by atoms with Gasteiger partial charge in [-0.25, -0.2) is 0 Å². The van der Waals surface area contributed by atoms with Gasteiger partial charge in [0.15, 0.2) is 0 Å². The molecule has 17 heavy (non-hydrogen) atoms. The van der Waals surface area contributed by atoms with Crippen LogP contribution in [0.3, 0.4) is 0 Å². The van der Waals surface area contributed by atoms with Crippen molar-refractivity contribution in [2.75, 3.05) is 26.8 Å². The van der Waals surface area contributed by atoms with E-state index in [1.54, 1.807) is 7.11 Å². The van der Waals surface area contributed by atoms with Gasteiger partial charge in [0.05, 0.1) is 18.7 Å². The molecule has 0 bridgehead atoms. The highest BCUT2D eigenvalue weighted by molar-refractivity contribution is 6.32. The molecule has 1 aromatic rings. The summed E-state index contributed by atoms with van der Waals surface area (Å²) in [6, 6.07) is 5.70. The Balaban J connectivity index is 2.71. The number of aliphatic hydroxyl groups excluding tert-OH is 1. The number of benzene rings is 1. The Labute approximate surface area is 107 Å². The van der Waals surface area contributed by atoms with E-state index < -0.39 is 0 Å². The van der Waals surface area contributed by atoms with Gasteiger partial charge in [-0.1, -0.05) is 23.7 Å². The summed E-state index contributed by atoms with van der Waals surface area (Å²) in [4.78, 5) is 2.09. The van der Waals surface area contributed by atoms with Gasteiger partial charge in [0.1, 0.15) is 5.75 Å². The van der Waals surface area contributed by atoms with Crippen LogP contribution in [0.4, 0.5) is 0 Å². The lowest BCUT2D eigenvalue weighted by molar-refractivity contribution is 0.203. The molecule has 0 aromatic heterocycles. The second-order valence-corrected chi connectivity index (χ2v) is 4.12. The smallest absolute Gasteiger partial charge is 0.137 e. The first-order valence-corrected chi connectivity index (χ1v) is 5.85. The number of hydrogen-bond donors (Lipinski definition) is 1. The average Bonchev–Trinajstić information content (AvgIpc) is 2.30. The Kier molecular flexibility index (Phi) is 6.05. The minimum Gasteiger partial charge on any atom is -0.495 e. The number of nitrogens with zero attached hydrogens (tertiary/aromatic N) is 1. The van der Waals surface area contributed by atoms with Gasteiger partial charge in [-0.3, -0.25) is 4.90 Å². The molecule has 0 aliphatic rings. The molecule has 3 nitrogen and oxygen atoms in total. The Morgan fingerprint density at radius 3 is 2.82 bits per heavy atom. The lowest BCUT2D eigenvalue weighted by atomic mass is 10.2. The molecule has 94 valence electrons. The third kappa shape index (κ3) is 4.38. The van der Waals surface area contributed by atoms with Gasteiger partial charge in [0, 0.05) is 19.6 Å². The molecule has 1 rings (SSSR count). The molecule has 0 aliphatic carbocycles. The molecule has 0 radical (unpaired) electrons. The second kappa shape index (κ2) is 7.33. The number of rotatable bonds is 7. The molecule has 0 atom stereocenters. The van der Waals surface area contributed by atoms with Gasteiger partial charge in [-0.2, -0.15) is 0 Å². The summed E-state index contributed by atoms with van der Waals surface area (Å²) in [6.45, 7) is 5.93. The first kappa shape index (κ1) is 14.0. The Morgan fingerprint density at radius 1 is 1.53 bits per heavy atom. The van der Waals surface area contributed by atoms with Crippen LogP contribution in [0.1, 0.15) is 5.56 Å². The van der Waals surface area contributed by atoms with E-state index in [4.69, 9.17) is 21.4 Å². The fourth-order valence-corrected chi connectivity index (χ4v) is 1.91. The van der Waals surface area contributed by atoms with Crippen LogP contribution in [0.2, 0.25) is 5.02 Å². The van der Waals surface area contributed by atoms with Crippen LogP contribution in [0.25, 0.3) is 0 Å². The highest BCUT2D eigenvalue weighted by atomic mass is 35.5. The zero-order valence-corrected chi connectivity index (χ0v) is 10.8. The van der Waals surface area contributed by atoms with Crippen LogP contribution in [-0.2, 0) is 6.54 Å². The molecule has 0 amide bonds. The van der Waals surface area contributed by atoms with Crippen molar-refractivity contribution in [1.82, 2.24) is 4.90 Å². The maximum atomic E-state index is 8.96. The van der Waals surface area contributed by atoms with E-state index in [0.29, 0.717) is 17.3 Å². The predicted octanol–water partition coefficient (Wildman–Crippen LogP) is 2.33. The maximum Gasteiger partial charge on any atom is 0.137 e. The first-order chi connectivity index (χ1) is 8.21. The van der Waals surface area contributed by atoms with Crippen LogP contribution < -0.4 is 4.74 Å². The number of methoxy groups -OCH3 is 1. The lowest BCUT2D eigenvalue weighted by Crippen LogP contribution is -2.26. The maximum absolute atomic E-state index is 8.96. The summed E-state index contributed by atoms with van der Waals surface area (Å²) in [7, 11) is 1.59. The van der Waals surface area contributed by atoms with E-state index in [1.807, 2.05) is 24.3 Å². The molecule has 0 unspecified atom stereocenters. The summed E-state index contributed by atoms with van der Waals surface area (Å²) >= 11 is 6.05. The molecule has 0 heterocycles. The topological polar surface area (TPSA) is 32.7 Å². The fraction of sp³-hybridized carbons (Fsp3) is 0.385. The largest absolute Gasteiger partial charge is 0.495 e. The van der Waals surface area contributed by atoms with E-state index in [-0.39, 0.29) is 6.61 Å². The Morgan fingerprint density at radius 2 is 2.29 bits per heavy atom. The lowest BCUT2D eigenvalue weighted by Gasteiger charge is -2.19. The van der Waals surface area contributed by atoms with Crippen LogP contribution in [-0.4, -0.2) is 36.8 Å². The second-order valence-electron chi connectivity index (χ2n) is 3.72. The quantitative estimate of drug-likeness (QED) is 0.759. The van der Waals surface area contributed by atoms with E-state index in [1.165, 1.54) is 0 Å². The van der Waals surface area contributed by atoms with Gasteiger partial charge in [-0.15, -0.1) is 6.58 Å². The molecule has 0 saturated heterocycles. The van der Waals surface area contributed by atoms with Crippen molar-refractivity contribution < 1.29 is 9.84 Å². The van der Waals surface area contributed by atoms with Crippen LogP contribution in [0.5, 0.6) is 5.75 Å². The van der Waals surface area contributed by atoms with Gasteiger partial charge in [-0.05, 0) is 17.7 Å². The van der Waals surface area contributed by atoms with Crippen LogP contribution >= 0.6 is 11.6 Å². The minimum atomic E-state index is 0.137. The zero-order valence-electron chi connectivity index (χ0n) is 10.0. The molecule has 1 N–H and O–H groups in total. The standard InChI is InChI=1S/C13H18ClNO2/c1-3-6-15(7-8-16)10-11-4-5-13(17-2)12(14)9-11/h3-5,9,16H,1,6-8,10H2,2H3. The van der Waals surface area contributed by atoms with Crippen molar-refractivity contribution >= 4 is 11.6 Å². The number of halogens is 1. The Bertz CT molecular complexity index is 368. The average molecular weight is 256 g/mol.